The maximum atomic E-state index is 9.56. The van der Waals surface area contributed by atoms with E-state index in [2.05, 4.69) is 43.2 Å². The summed E-state index contributed by atoms with van der Waals surface area (Å²) in [6.07, 6.45) is 0.915. The third kappa shape index (κ3) is 3.95. The Labute approximate surface area is 128 Å². The number of aliphatic hydroxyl groups is 1. The van der Waals surface area contributed by atoms with Gasteiger partial charge in [0.1, 0.15) is 0 Å². The molecule has 0 bridgehead atoms. The summed E-state index contributed by atoms with van der Waals surface area (Å²) in [5, 5.41) is 13.3. The van der Waals surface area contributed by atoms with Crippen molar-refractivity contribution < 1.29 is 5.11 Å². The average Bonchev–Trinajstić information content (AvgIpc) is 2.80. The average molecular weight is 310 g/mol. The van der Waals surface area contributed by atoms with Gasteiger partial charge >= 0.3 is 0 Å². The van der Waals surface area contributed by atoms with E-state index in [9.17, 15) is 5.11 Å². The van der Waals surface area contributed by atoms with E-state index in [0.717, 1.165) is 22.8 Å². The van der Waals surface area contributed by atoms with E-state index in [1.54, 1.807) is 23.1 Å². The number of para-hydroxylation sites is 1. The minimum Gasteiger partial charge on any atom is -0.394 e. The molecule has 2 rings (SSSR count). The van der Waals surface area contributed by atoms with Crippen LogP contribution in [0.4, 0.5) is 0 Å². The summed E-state index contributed by atoms with van der Waals surface area (Å²) in [6.45, 7) is 7.37. The summed E-state index contributed by atoms with van der Waals surface area (Å²) >= 11 is 3.54. The van der Waals surface area contributed by atoms with Gasteiger partial charge in [0.2, 0.25) is 0 Å². The second-order valence-electron chi connectivity index (χ2n) is 5.33. The molecule has 1 aromatic heterocycles. The lowest BCUT2D eigenvalue weighted by Crippen LogP contribution is -2.47. The number of hydrogen-bond donors (Lipinski definition) is 2. The second kappa shape index (κ2) is 6.89. The number of hydrogen-bond acceptors (Lipinski definition) is 5. The van der Waals surface area contributed by atoms with Crippen LogP contribution in [-0.4, -0.2) is 34.0 Å². The van der Waals surface area contributed by atoms with E-state index in [4.69, 9.17) is 0 Å². The van der Waals surface area contributed by atoms with Crippen LogP contribution in [0.15, 0.2) is 28.6 Å². The molecule has 20 heavy (non-hydrogen) atoms. The van der Waals surface area contributed by atoms with Crippen molar-refractivity contribution >= 4 is 33.3 Å². The molecule has 0 aliphatic rings. The van der Waals surface area contributed by atoms with E-state index in [0.29, 0.717) is 5.25 Å². The van der Waals surface area contributed by atoms with Crippen molar-refractivity contribution in [3.8, 4) is 0 Å². The standard InChI is InChI=1S/C15H22N2OS2/c1-4-16-15(3,10-18)9-11(2)19-14-17-12-7-5-6-8-13(12)20-14/h5-8,11,16,18H,4,9-10H2,1-3H3. The highest BCUT2D eigenvalue weighted by Gasteiger charge is 2.25. The Morgan fingerprint density at radius 1 is 1.45 bits per heavy atom. The Hall–Kier alpha value is -0.620. The minimum atomic E-state index is -0.210. The molecule has 2 atom stereocenters. The van der Waals surface area contributed by atoms with Gasteiger partial charge < -0.3 is 10.4 Å². The molecule has 0 amide bonds. The Balaban J connectivity index is 2.01. The second-order valence-corrected chi connectivity index (χ2v) is 8.05. The Morgan fingerprint density at radius 3 is 2.85 bits per heavy atom. The SMILES string of the molecule is CCNC(C)(CO)CC(C)Sc1nc2ccccc2s1. The van der Waals surface area contributed by atoms with Gasteiger partial charge in [0.25, 0.3) is 0 Å². The van der Waals surface area contributed by atoms with Crippen LogP contribution in [0.25, 0.3) is 10.2 Å². The number of nitrogens with one attached hydrogen (secondary N) is 1. The van der Waals surface area contributed by atoms with Crippen molar-refractivity contribution in [3.05, 3.63) is 24.3 Å². The number of thiazole rings is 1. The number of thioether (sulfide) groups is 1. The van der Waals surface area contributed by atoms with Crippen LogP contribution in [0.3, 0.4) is 0 Å². The maximum absolute atomic E-state index is 9.56. The molecule has 0 saturated carbocycles. The first-order valence-electron chi connectivity index (χ1n) is 6.94. The summed E-state index contributed by atoms with van der Waals surface area (Å²) < 4.78 is 2.34. The predicted octanol–water partition coefficient (Wildman–Crippen LogP) is 3.53. The highest BCUT2D eigenvalue weighted by Crippen LogP contribution is 2.34. The lowest BCUT2D eigenvalue weighted by Gasteiger charge is -2.30. The third-order valence-electron chi connectivity index (χ3n) is 3.27. The van der Waals surface area contributed by atoms with Crippen molar-refractivity contribution in [3.63, 3.8) is 0 Å². The van der Waals surface area contributed by atoms with Gasteiger partial charge in [-0.1, -0.05) is 37.7 Å². The fraction of sp³-hybridized carbons (Fsp3) is 0.533. The van der Waals surface area contributed by atoms with E-state index in [1.165, 1.54) is 4.70 Å². The zero-order valence-electron chi connectivity index (χ0n) is 12.2. The minimum absolute atomic E-state index is 0.158. The van der Waals surface area contributed by atoms with Crippen LogP contribution < -0.4 is 5.32 Å². The molecule has 0 aliphatic heterocycles. The molecule has 0 spiro atoms. The van der Waals surface area contributed by atoms with Crippen LogP contribution >= 0.6 is 23.1 Å². The lowest BCUT2D eigenvalue weighted by molar-refractivity contribution is 0.168. The Kier molecular flexibility index (Phi) is 5.43. The van der Waals surface area contributed by atoms with Gasteiger partial charge in [0, 0.05) is 10.8 Å². The number of benzene rings is 1. The molecule has 2 N–H and O–H groups in total. The molecular weight excluding hydrogens is 288 g/mol. The van der Waals surface area contributed by atoms with Gasteiger partial charge in [-0.05, 0) is 32.0 Å². The smallest absolute Gasteiger partial charge is 0.151 e. The first-order chi connectivity index (χ1) is 9.56. The van der Waals surface area contributed by atoms with Crippen LogP contribution in [0, 0.1) is 0 Å². The number of likely N-dealkylation sites (N-methyl/N-ethyl adjacent to an activating group) is 1. The largest absolute Gasteiger partial charge is 0.394 e. The summed E-state index contributed by atoms with van der Waals surface area (Å²) in [4.78, 5) is 4.65. The Morgan fingerprint density at radius 2 is 2.20 bits per heavy atom. The molecule has 0 radical (unpaired) electrons. The highest BCUT2D eigenvalue weighted by atomic mass is 32.2. The molecule has 5 heteroatoms. The molecule has 1 aromatic carbocycles. The Bertz CT molecular complexity index is 525. The zero-order chi connectivity index (χ0) is 14.6. The van der Waals surface area contributed by atoms with Crippen molar-refractivity contribution in [2.24, 2.45) is 0 Å². The van der Waals surface area contributed by atoms with Crippen LogP contribution in [-0.2, 0) is 0 Å². The molecule has 110 valence electrons. The summed E-state index contributed by atoms with van der Waals surface area (Å²) in [5.41, 5.74) is 0.862. The third-order valence-corrected chi connectivity index (χ3v) is 5.50. The number of nitrogens with zero attached hydrogens (tertiary/aromatic N) is 1. The highest BCUT2D eigenvalue weighted by molar-refractivity contribution is 8.01. The van der Waals surface area contributed by atoms with E-state index >= 15 is 0 Å². The van der Waals surface area contributed by atoms with Crippen LogP contribution in [0.5, 0.6) is 0 Å². The van der Waals surface area contributed by atoms with Crippen LogP contribution in [0.2, 0.25) is 0 Å². The molecule has 2 unspecified atom stereocenters. The van der Waals surface area contributed by atoms with Gasteiger partial charge in [-0.15, -0.1) is 11.3 Å². The molecule has 0 aliphatic carbocycles. The van der Waals surface area contributed by atoms with E-state index in [-0.39, 0.29) is 12.1 Å². The summed E-state index contributed by atoms with van der Waals surface area (Å²) in [7, 11) is 0. The van der Waals surface area contributed by atoms with Gasteiger partial charge in [-0.2, -0.15) is 0 Å². The van der Waals surface area contributed by atoms with Gasteiger partial charge in [0.15, 0.2) is 4.34 Å². The number of aliphatic hydroxyl groups excluding tert-OH is 1. The molecule has 1 heterocycles. The lowest BCUT2D eigenvalue weighted by atomic mass is 9.97. The maximum Gasteiger partial charge on any atom is 0.151 e. The molecule has 2 aromatic rings. The van der Waals surface area contributed by atoms with E-state index < -0.39 is 0 Å². The summed E-state index contributed by atoms with van der Waals surface area (Å²) in [5.74, 6) is 0. The van der Waals surface area contributed by atoms with Crippen molar-refractivity contribution in [2.75, 3.05) is 13.2 Å². The van der Waals surface area contributed by atoms with E-state index in [1.807, 2.05) is 12.1 Å². The first-order valence-corrected chi connectivity index (χ1v) is 8.64. The molecule has 0 fully saturated rings. The van der Waals surface area contributed by atoms with Gasteiger partial charge in [-0.25, -0.2) is 4.98 Å². The zero-order valence-corrected chi connectivity index (χ0v) is 13.9. The van der Waals surface area contributed by atoms with Crippen molar-refractivity contribution in [1.29, 1.82) is 0 Å². The molecule has 0 saturated heterocycles. The fourth-order valence-corrected chi connectivity index (χ4v) is 4.97. The number of fused-ring (bicyclic) bond motifs is 1. The number of aromatic nitrogens is 1. The van der Waals surface area contributed by atoms with Gasteiger partial charge in [-0.3, -0.25) is 0 Å². The van der Waals surface area contributed by atoms with Crippen molar-refractivity contribution in [2.45, 2.75) is 42.3 Å². The van der Waals surface area contributed by atoms with Crippen LogP contribution in [0.1, 0.15) is 27.2 Å². The summed E-state index contributed by atoms with van der Waals surface area (Å²) in [6, 6.07) is 8.23. The first kappa shape index (κ1) is 15.8. The normalized spacial score (nSPS) is 16.2. The molecular formula is C15H22N2OS2. The van der Waals surface area contributed by atoms with Gasteiger partial charge in [0.05, 0.1) is 16.8 Å². The predicted molar refractivity (Wildman–Crippen MR) is 88.7 cm³/mol. The monoisotopic (exact) mass is 310 g/mol. The van der Waals surface area contributed by atoms with Crippen molar-refractivity contribution in [1.82, 2.24) is 10.3 Å². The quantitative estimate of drug-likeness (QED) is 0.768. The topological polar surface area (TPSA) is 45.1 Å². The molecule has 3 nitrogen and oxygen atoms in total. The number of rotatable bonds is 7. The fourth-order valence-electron chi connectivity index (χ4n) is 2.37.